The van der Waals surface area contributed by atoms with E-state index in [2.05, 4.69) is 10.6 Å². The summed E-state index contributed by atoms with van der Waals surface area (Å²) in [6.07, 6.45) is 0. The number of hydrogen-bond donors (Lipinski definition) is 2. The van der Waals surface area contributed by atoms with Gasteiger partial charge in [0.05, 0.1) is 20.9 Å². The topological polar surface area (TPSA) is 101 Å². The summed E-state index contributed by atoms with van der Waals surface area (Å²) >= 11 is 7.32. The van der Waals surface area contributed by atoms with Gasteiger partial charge in [-0.1, -0.05) is 11.6 Å². The minimum absolute atomic E-state index is 0.101. The molecule has 0 aliphatic heterocycles. The number of nitrogens with one attached hydrogen (secondary N) is 2. The maximum atomic E-state index is 12.3. The molecule has 26 heavy (non-hydrogen) atoms. The van der Waals surface area contributed by atoms with E-state index >= 15 is 0 Å². The molecule has 9 heteroatoms. The van der Waals surface area contributed by atoms with E-state index in [1.54, 1.807) is 31.2 Å². The zero-order valence-corrected chi connectivity index (χ0v) is 15.6. The quantitative estimate of drug-likeness (QED) is 0.432. The predicted molar refractivity (Wildman–Crippen MR) is 103 cm³/mol. The van der Waals surface area contributed by atoms with Gasteiger partial charge in [0, 0.05) is 29.6 Å². The van der Waals surface area contributed by atoms with Gasteiger partial charge in [-0.2, -0.15) is 0 Å². The monoisotopic (exact) mass is 393 g/mol. The highest BCUT2D eigenvalue weighted by atomic mass is 35.5. The highest BCUT2D eigenvalue weighted by molar-refractivity contribution is 8.00. The predicted octanol–water partition coefficient (Wildman–Crippen LogP) is 4.33. The third kappa shape index (κ3) is 5.47. The van der Waals surface area contributed by atoms with E-state index in [1.165, 1.54) is 36.9 Å². The summed E-state index contributed by atoms with van der Waals surface area (Å²) in [6.45, 7) is 3.17. The lowest BCUT2D eigenvalue weighted by molar-refractivity contribution is -0.384. The second-order valence-corrected chi connectivity index (χ2v) is 7.20. The first-order valence-electron chi connectivity index (χ1n) is 7.55. The number of nitro groups is 1. The molecular formula is C17H16ClN3O4S. The standard InChI is InChI=1S/C17H16ClN3O4S/c1-10(26-14-6-3-12(4-7-14)19-11(2)22)17(23)20-16-8-5-13(21(24)25)9-15(16)18/h3-10H,1-2H3,(H,19,22)(H,20,23). The van der Waals surface area contributed by atoms with Crippen LogP contribution in [0.25, 0.3) is 0 Å². The minimum atomic E-state index is -0.555. The van der Waals surface area contributed by atoms with Crippen LogP contribution in [0.15, 0.2) is 47.4 Å². The highest BCUT2D eigenvalue weighted by Crippen LogP contribution is 2.29. The number of amides is 2. The summed E-state index contributed by atoms with van der Waals surface area (Å²) in [4.78, 5) is 34.3. The molecule has 0 heterocycles. The van der Waals surface area contributed by atoms with Crippen LogP contribution >= 0.6 is 23.4 Å². The van der Waals surface area contributed by atoms with Gasteiger partial charge < -0.3 is 10.6 Å². The Morgan fingerprint density at radius 2 is 1.81 bits per heavy atom. The fraction of sp³-hybridized carbons (Fsp3) is 0.176. The molecule has 0 fully saturated rings. The highest BCUT2D eigenvalue weighted by Gasteiger charge is 2.17. The number of carbonyl (C=O) groups excluding carboxylic acids is 2. The van der Waals surface area contributed by atoms with Crippen molar-refractivity contribution in [2.24, 2.45) is 0 Å². The molecule has 136 valence electrons. The van der Waals surface area contributed by atoms with Crippen molar-refractivity contribution >= 4 is 52.2 Å². The summed E-state index contributed by atoms with van der Waals surface area (Å²) in [5.41, 5.74) is 0.849. The molecule has 7 nitrogen and oxygen atoms in total. The van der Waals surface area contributed by atoms with Crippen LogP contribution in [0.3, 0.4) is 0 Å². The number of non-ortho nitro benzene ring substituents is 1. The number of nitrogens with zero attached hydrogens (tertiary/aromatic N) is 1. The Hall–Kier alpha value is -2.58. The second-order valence-electron chi connectivity index (χ2n) is 5.38. The number of benzene rings is 2. The number of nitro benzene ring substituents is 1. The normalized spacial score (nSPS) is 11.5. The van der Waals surface area contributed by atoms with E-state index in [0.29, 0.717) is 11.4 Å². The van der Waals surface area contributed by atoms with E-state index in [9.17, 15) is 19.7 Å². The van der Waals surface area contributed by atoms with Crippen molar-refractivity contribution in [3.8, 4) is 0 Å². The number of halogens is 1. The van der Waals surface area contributed by atoms with Crippen LogP contribution in [-0.2, 0) is 9.59 Å². The molecule has 2 rings (SSSR count). The van der Waals surface area contributed by atoms with Crippen molar-refractivity contribution in [3.63, 3.8) is 0 Å². The molecule has 0 radical (unpaired) electrons. The minimum Gasteiger partial charge on any atom is -0.326 e. The second kappa shape index (κ2) is 8.68. The zero-order chi connectivity index (χ0) is 19.3. The Bertz CT molecular complexity index is 842. The lowest BCUT2D eigenvalue weighted by Crippen LogP contribution is -2.22. The van der Waals surface area contributed by atoms with Gasteiger partial charge in [0.2, 0.25) is 11.8 Å². The third-order valence-corrected chi connectivity index (χ3v) is 4.70. The fourth-order valence-corrected chi connectivity index (χ4v) is 3.12. The number of thioether (sulfide) groups is 1. The molecule has 2 N–H and O–H groups in total. The maximum Gasteiger partial charge on any atom is 0.271 e. The van der Waals surface area contributed by atoms with Crippen LogP contribution in [0, 0.1) is 10.1 Å². The van der Waals surface area contributed by atoms with Gasteiger partial charge in [-0.25, -0.2) is 0 Å². The molecule has 0 aromatic heterocycles. The Kier molecular flexibility index (Phi) is 6.59. The molecule has 0 saturated carbocycles. The molecular weight excluding hydrogens is 378 g/mol. The molecule has 0 aliphatic carbocycles. The number of rotatable bonds is 6. The van der Waals surface area contributed by atoms with Crippen LogP contribution in [-0.4, -0.2) is 22.0 Å². The zero-order valence-electron chi connectivity index (χ0n) is 14.0. The van der Waals surface area contributed by atoms with Crippen molar-refractivity contribution in [3.05, 3.63) is 57.6 Å². The van der Waals surface area contributed by atoms with Crippen LogP contribution in [0.1, 0.15) is 13.8 Å². The Morgan fingerprint density at radius 1 is 1.15 bits per heavy atom. The van der Waals surface area contributed by atoms with Gasteiger partial charge in [-0.15, -0.1) is 11.8 Å². The van der Waals surface area contributed by atoms with E-state index < -0.39 is 10.2 Å². The van der Waals surface area contributed by atoms with Crippen LogP contribution < -0.4 is 10.6 Å². The van der Waals surface area contributed by atoms with E-state index in [4.69, 9.17) is 11.6 Å². The lowest BCUT2D eigenvalue weighted by Gasteiger charge is -2.13. The van der Waals surface area contributed by atoms with E-state index in [1.807, 2.05) is 0 Å². The molecule has 1 atom stereocenters. The van der Waals surface area contributed by atoms with Crippen LogP contribution in [0.2, 0.25) is 5.02 Å². The summed E-state index contributed by atoms with van der Waals surface area (Å²) in [6, 6.07) is 11.0. The largest absolute Gasteiger partial charge is 0.326 e. The summed E-state index contributed by atoms with van der Waals surface area (Å²) in [5, 5.41) is 15.7. The molecule has 2 aromatic rings. The number of hydrogen-bond acceptors (Lipinski definition) is 5. The first-order valence-corrected chi connectivity index (χ1v) is 8.81. The van der Waals surface area contributed by atoms with Crippen molar-refractivity contribution in [2.45, 2.75) is 24.0 Å². The van der Waals surface area contributed by atoms with E-state index in [0.717, 1.165) is 4.90 Å². The van der Waals surface area contributed by atoms with E-state index in [-0.39, 0.29) is 22.5 Å². The summed E-state index contributed by atoms with van der Waals surface area (Å²) in [7, 11) is 0. The summed E-state index contributed by atoms with van der Waals surface area (Å²) < 4.78 is 0. The first-order chi connectivity index (χ1) is 12.3. The smallest absolute Gasteiger partial charge is 0.271 e. The maximum absolute atomic E-state index is 12.3. The Morgan fingerprint density at radius 3 is 2.35 bits per heavy atom. The lowest BCUT2D eigenvalue weighted by atomic mass is 10.2. The average Bonchev–Trinajstić information content (AvgIpc) is 2.57. The molecule has 0 bridgehead atoms. The fourth-order valence-electron chi connectivity index (χ4n) is 2.03. The average molecular weight is 394 g/mol. The van der Waals surface area contributed by atoms with Crippen molar-refractivity contribution in [1.82, 2.24) is 0 Å². The number of carbonyl (C=O) groups is 2. The molecule has 2 amide bonds. The molecule has 2 aromatic carbocycles. The molecule has 1 unspecified atom stereocenters. The van der Waals surface area contributed by atoms with Gasteiger partial charge in [0.1, 0.15) is 0 Å². The Labute approximate surface area is 159 Å². The SMILES string of the molecule is CC(=O)Nc1ccc(SC(C)C(=O)Nc2ccc([N+](=O)[O-])cc2Cl)cc1. The van der Waals surface area contributed by atoms with Crippen LogP contribution in [0.4, 0.5) is 17.1 Å². The van der Waals surface area contributed by atoms with Gasteiger partial charge in [0.25, 0.3) is 5.69 Å². The van der Waals surface area contributed by atoms with Gasteiger partial charge in [-0.05, 0) is 37.3 Å². The summed E-state index contributed by atoms with van der Waals surface area (Å²) in [5.74, 6) is -0.435. The van der Waals surface area contributed by atoms with Crippen molar-refractivity contribution in [1.29, 1.82) is 0 Å². The first kappa shape index (κ1) is 19.7. The van der Waals surface area contributed by atoms with Gasteiger partial charge in [0.15, 0.2) is 0 Å². The van der Waals surface area contributed by atoms with Crippen LogP contribution in [0.5, 0.6) is 0 Å². The Balaban J connectivity index is 1.99. The molecule has 0 spiro atoms. The molecule has 0 saturated heterocycles. The van der Waals surface area contributed by atoms with Crippen molar-refractivity contribution < 1.29 is 14.5 Å². The molecule has 0 aliphatic rings. The number of anilines is 2. The van der Waals surface area contributed by atoms with Crippen molar-refractivity contribution in [2.75, 3.05) is 10.6 Å². The van der Waals surface area contributed by atoms with Gasteiger partial charge in [-0.3, -0.25) is 19.7 Å². The van der Waals surface area contributed by atoms with Gasteiger partial charge >= 0.3 is 0 Å². The third-order valence-electron chi connectivity index (χ3n) is 3.28.